The SMILES string of the molecule is Cc1ncsc1-c1ccc(CNC(=O)[C@@H]2C[C@@H](O)CN2C(=O)C(NC(=O)COCC(=O)NCCC2CCN(Cc3nc4ccc(NC(=O)c5ccc6c(cnn6C)c5)cc4[nH]3)C2)C(C)(C)C)cc1. The maximum absolute atomic E-state index is 14.0. The first kappa shape index (κ1) is 47.9. The maximum atomic E-state index is 14.0. The van der Waals surface area contributed by atoms with Gasteiger partial charge in [-0.1, -0.05) is 45.0 Å². The molecule has 2 aliphatic rings. The lowest BCUT2D eigenvalue weighted by molar-refractivity contribution is -0.145. The van der Waals surface area contributed by atoms with Crippen molar-refractivity contribution >= 4 is 68.5 Å². The second-order valence-corrected chi connectivity index (χ2v) is 19.7. The van der Waals surface area contributed by atoms with Crippen LogP contribution in [0.1, 0.15) is 67.5 Å². The number of carbonyl (C=O) groups is 5. The number of hydrogen-bond acceptors (Lipinski definition) is 12. The molecule has 0 aliphatic carbocycles. The molecule has 3 aromatic carbocycles. The Hall–Kier alpha value is -6.54. The number of aliphatic hydroxyl groups is 1. The molecule has 4 atom stereocenters. The average molecular weight is 946 g/mol. The molecule has 0 spiro atoms. The van der Waals surface area contributed by atoms with Crippen molar-refractivity contribution in [3.63, 3.8) is 0 Å². The zero-order valence-corrected chi connectivity index (χ0v) is 39.8. The minimum atomic E-state index is -1.03. The smallest absolute Gasteiger partial charge is 0.255 e. The molecule has 5 amide bonds. The number of aromatic nitrogens is 5. The number of thiazole rings is 1. The summed E-state index contributed by atoms with van der Waals surface area (Å²) < 4.78 is 7.22. The van der Waals surface area contributed by atoms with Crippen molar-refractivity contribution in [3.8, 4) is 10.4 Å². The number of nitrogens with one attached hydrogen (secondary N) is 5. The minimum Gasteiger partial charge on any atom is -0.391 e. The van der Waals surface area contributed by atoms with Gasteiger partial charge in [-0.3, -0.25) is 33.6 Å². The van der Waals surface area contributed by atoms with Gasteiger partial charge in [-0.15, -0.1) is 11.3 Å². The molecule has 0 saturated carbocycles. The van der Waals surface area contributed by atoms with E-state index in [0.717, 1.165) is 75.4 Å². The number of nitrogens with zero attached hydrogens (tertiary/aromatic N) is 6. The first-order valence-electron chi connectivity index (χ1n) is 22.9. The van der Waals surface area contributed by atoms with Gasteiger partial charge in [-0.05, 0) is 85.2 Å². The molecule has 0 radical (unpaired) electrons. The van der Waals surface area contributed by atoms with E-state index in [9.17, 15) is 29.1 Å². The molecule has 3 aromatic heterocycles. The first-order chi connectivity index (χ1) is 32.6. The van der Waals surface area contributed by atoms with Gasteiger partial charge in [0.15, 0.2) is 0 Å². The van der Waals surface area contributed by atoms with E-state index in [0.29, 0.717) is 30.3 Å². The average Bonchev–Trinajstić information content (AvgIpc) is 4.17. The third kappa shape index (κ3) is 11.6. The van der Waals surface area contributed by atoms with Crippen molar-refractivity contribution in [2.45, 2.75) is 78.2 Å². The number of aryl methyl sites for hydroxylation is 2. The Kier molecular flexibility index (Phi) is 14.6. The molecule has 6 aromatic rings. The van der Waals surface area contributed by atoms with E-state index < -0.39 is 47.9 Å². The van der Waals surface area contributed by atoms with Crippen LogP contribution >= 0.6 is 11.3 Å². The fraction of sp³-hybridized carbons (Fsp3) is 0.429. The molecule has 2 unspecified atom stereocenters. The van der Waals surface area contributed by atoms with Gasteiger partial charge in [0.1, 0.15) is 31.1 Å². The molecule has 19 heteroatoms. The topological polar surface area (TPSA) is 229 Å². The number of carbonyl (C=O) groups excluding carboxylic acids is 5. The van der Waals surface area contributed by atoms with Crippen LogP contribution in [0.3, 0.4) is 0 Å². The van der Waals surface area contributed by atoms with Crippen LogP contribution in [0.2, 0.25) is 0 Å². The number of imidazole rings is 1. The predicted molar refractivity (Wildman–Crippen MR) is 258 cm³/mol. The van der Waals surface area contributed by atoms with Crippen LogP contribution in [0, 0.1) is 18.3 Å². The second-order valence-electron chi connectivity index (χ2n) is 18.9. The van der Waals surface area contributed by atoms with Crippen molar-refractivity contribution in [1.82, 2.24) is 50.5 Å². The van der Waals surface area contributed by atoms with E-state index in [-0.39, 0.29) is 37.9 Å². The van der Waals surface area contributed by atoms with E-state index in [1.54, 1.807) is 54.6 Å². The summed E-state index contributed by atoms with van der Waals surface area (Å²) in [6, 6.07) is 17.0. The fourth-order valence-electron chi connectivity index (χ4n) is 8.91. The highest BCUT2D eigenvalue weighted by Gasteiger charge is 2.44. The van der Waals surface area contributed by atoms with Gasteiger partial charge in [0.05, 0.1) is 51.5 Å². The molecule has 5 heterocycles. The lowest BCUT2D eigenvalue weighted by Gasteiger charge is -2.35. The summed E-state index contributed by atoms with van der Waals surface area (Å²) >= 11 is 1.57. The van der Waals surface area contributed by atoms with E-state index >= 15 is 0 Å². The Morgan fingerprint density at radius 2 is 1.78 bits per heavy atom. The Balaban J connectivity index is 0.734. The number of hydrogen-bond donors (Lipinski definition) is 6. The molecule has 358 valence electrons. The van der Waals surface area contributed by atoms with E-state index in [2.05, 4.69) is 41.2 Å². The third-order valence-corrected chi connectivity index (χ3v) is 13.6. The minimum absolute atomic E-state index is 0.0454. The van der Waals surface area contributed by atoms with E-state index in [1.165, 1.54) is 4.90 Å². The van der Waals surface area contributed by atoms with Crippen LogP contribution in [0.5, 0.6) is 0 Å². The molecule has 0 bridgehead atoms. The van der Waals surface area contributed by atoms with E-state index in [1.807, 2.05) is 68.6 Å². The number of fused-ring (bicyclic) bond motifs is 2. The summed E-state index contributed by atoms with van der Waals surface area (Å²) in [4.78, 5) is 83.4. The van der Waals surface area contributed by atoms with Crippen molar-refractivity contribution in [1.29, 1.82) is 0 Å². The zero-order chi connectivity index (χ0) is 48.1. The third-order valence-electron chi connectivity index (χ3n) is 12.6. The van der Waals surface area contributed by atoms with Crippen LogP contribution in [-0.4, -0.2) is 127 Å². The molecule has 8 rings (SSSR count). The summed E-state index contributed by atoms with van der Waals surface area (Å²) in [7, 11) is 1.86. The summed E-state index contributed by atoms with van der Waals surface area (Å²) in [6.07, 6.45) is 2.67. The number of aliphatic hydroxyl groups excluding tert-OH is 1. The highest BCUT2D eigenvalue weighted by atomic mass is 32.1. The lowest BCUT2D eigenvalue weighted by Crippen LogP contribution is -2.58. The number of likely N-dealkylation sites (tertiary alicyclic amines) is 2. The number of amides is 5. The van der Waals surface area contributed by atoms with Crippen molar-refractivity contribution in [2.75, 3.05) is 44.7 Å². The Bertz CT molecular complexity index is 2800. The van der Waals surface area contributed by atoms with Crippen molar-refractivity contribution in [3.05, 3.63) is 95.0 Å². The summed E-state index contributed by atoms with van der Waals surface area (Å²) in [6.45, 7) is 9.63. The largest absolute Gasteiger partial charge is 0.391 e. The molecule has 68 heavy (non-hydrogen) atoms. The number of anilines is 1. The monoisotopic (exact) mass is 945 g/mol. The fourth-order valence-corrected chi connectivity index (χ4v) is 9.72. The predicted octanol–water partition coefficient (Wildman–Crippen LogP) is 4.29. The lowest BCUT2D eigenvalue weighted by atomic mass is 9.85. The highest BCUT2D eigenvalue weighted by Crippen LogP contribution is 2.29. The standard InChI is InChI=1S/C49H59N11O7S/c1-29-44(68-28-52-29)32-8-6-30(7-9-32)21-51-47(65)40-20-36(61)24-60(40)48(66)45(49(2,3)4)57-43(63)27-67-26-42(62)50-16-14-31-15-17-59(23-31)25-41-55-37-12-11-35(19-38(37)56-41)54-46(64)33-10-13-39-34(18-33)22-53-58(39)5/h6-13,18-19,22,28,31,36,40,45,61H,14-17,20-21,23-27H2,1-5H3,(H,50,62)(H,51,65)(H,54,64)(H,55,56)(H,57,63)/t31?,36-,40+,45?/m1/s1. The van der Waals surface area contributed by atoms with Gasteiger partial charge >= 0.3 is 0 Å². The normalized spacial score (nSPS) is 18.0. The van der Waals surface area contributed by atoms with Gasteiger partial charge < -0.3 is 41.0 Å². The van der Waals surface area contributed by atoms with E-state index in [4.69, 9.17) is 9.72 Å². The number of rotatable bonds is 17. The van der Waals surface area contributed by atoms with Gasteiger partial charge in [-0.2, -0.15) is 5.10 Å². The molecular weight excluding hydrogens is 887 g/mol. The first-order valence-corrected chi connectivity index (χ1v) is 23.8. The van der Waals surface area contributed by atoms with Crippen LogP contribution < -0.4 is 21.3 Å². The number of benzene rings is 3. The zero-order valence-electron chi connectivity index (χ0n) is 39.0. The van der Waals surface area contributed by atoms with Gasteiger partial charge in [0.25, 0.3) is 5.91 Å². The van der Waals surface area contributed by atoms with Crippen LogP contribution in [-0.2, 0) is 44.1 Å². The molecule has 2 fully saturated rings. The maximum Gasteiger partial charge on any atom is 0.255 e. The van der Waals surface area contributed by atoms with Crippen LogP contribution in [0.4, 0.5) is 5.69 Å². The summed E-state index contributed by atoms with van der Waals surface area (Å²) in [5, 5.41) is 27.3. The van der Waals surface area contributed by atoms with Crippen LogP contribution in [0.25, 0.3) is 32.4 Å². The molecular formula is C49H59N11O7S. The molecule has 18 nitrogen and oxygen atoms in total. The summed E-state index contributed by atoms with van der Waals surface area (Å²) in [5.74, 6) is -0.811. The summed E-state index contributed by atoms with van der Waals surface area (Å²) in [5.41, 5.74) is 7.74. The Morgan fingerprint density at radius 3 is 2.54 bits per heavy atom. The molecule has 2 aliphatic heterocycles. The van der Waals surface area contributed by atoms with Gasteiger partial charge in [-0.25, -0.2) is 9.97 Å². The number of ether oxygens (including phenoxy) is 1. The van der Waals surface area contributed by atoms with Gasteiger partial charge in [0.2, 0.25) is 23.6 Å². The second kappa shape index (κ2) is 20.8. The van der Waals surface area contributed by atoms with Crippen LogP contribution in [0.15, 0.2) is 72.4 Å². The number of β-amino-alcohol motifs (C(OH)–C–C–N with tert-alkyl or cyclic N) is 1. The number of H-pyrrole nitrogens is 1. The number of aromatic amines is 1. The van der Waals surface area contributed by atoms with Crippen molar-refractivity contribution < 1.29 is 33.8 Å². The Labute approximate surface area is 398 Å². The molecule has 6 N–H and O–H groups in total. The highest BCUT2D eigenvalue weighted by molar-refractivity contribution is 7.13. The quantitative estimate of drug-likeness (QED) is 0.0756. The van der Waals surface area contributed by atoms with Gasteiger partial charge in [0, 0.05) is 56.3 Å². The Morgan fingerprint density at radius 1 is 0.985 bits per heavy atom. The molecule has 2 saturated heterocycles. The van der Waals surface area contributed by atoms with Crippen molar-refractivity contribution in [2.24, 2.45) is 18.4 Å².